The predicted octanol–water partition coefficient (Wildman–Crippen LogP) is 1.75. The van der Waals surface area contributed by atoms with Gasteiger partial charge in [0.05, 0.1) is 18.1 Å². The Hall–Kier alpha value is -1.30. The molecule has 1 rings (SSSR count). The maximum atomic E-state index is 11.5. The van der Waals surface area contributed by atoms with E-state index in [0.29, 0.717) is 17.1 Å². The average molecular weight is 208 g/mol. The molecule has 0 radical (unpaired) electrons. The molecule has 0 saturated carbocycles. The fourth-order valence-electron chi connectivity index (χ4n) is 1.03. The van der Waals surface area contributed by atoms with E-state index >= 15 is 0 Å². The minimum absolute atomic E-state index is 0.0501. The van der Waals surface area contributed by atoms with Crippen LogP contribution in [0.1, 0.15) is 10.4 Å². The number of rotatable bonds is 4. The first-order valence-electron chi connectivity index (χ1n) is 4.17. The standard InChI is InChI=1S/C11H10ClNO/c1-2-7-13-8-11(14)9-5-3-4-6-10(9)12/h1,3-6,13H,7-8H2. The van der Waals surface area contributed by atoms with Gasteiger partial charge in [-0.3, -0.25) is 10.1 Å². The van der Waals surface area contributed by atoms with Gasteiger partial charge in [-0.25, -0.2) is 0 Å². The minimum Gasteiger partial charge on any atom is -0.299 e. The lowest BCUT2D eigenvalue weighted by Gasteiger charge is -2.02. The van der Waals surface area contributed by atoms with Crippen LogP contribution in [0.4, 0.5) is 0 Å². The van der Waals surface area contributed by atoms with Crippen molar-refractivity contribution in [3.63, 3.8) is 0 Å². The number of ketones is 1. The lowest BCUT2D eigenvalue weighted by Crippen LogP contribution is -2.23. The molecule has 0 spiro atoms. The Balaban J connectivity index is 2.62. The monoisotopic (exact) mass is 207 g/mol. The van der Waals surface area contributed by atoms with Gasteiger partial charge in [0.2, 0.25) is 0 Å². The van der Waals surface area contributed by atoms with E-state index in [4.69, 9.17) is 18.0 Å². The van der Waals surface area contributed by atoms with Gasteiger partial charge in [-0.05, 0) is 12.1 Å². The Labute approximate surface area is 88.3 Å². The highest BCUT2D eigenvalue weighted by Crippen LogP contribution is 2.14. The van der Waals surface area contributed by atoms with E-state index in [9.17, 15) is 4.79 Å². The number of halogens is 1. The second kappa shape index (κ2) is 5.43. The zero-order valence-electron chi connectivity index (χ0n) is 7.59. The summed E-state index contributed by atoms with van der Waals surface area (Å²) in [7, 11) is 0. The molecule has 0 aliphatic heterocycles. The first-order valence-corrected chi connectivity index (χ1v) is 4.55. The fourth-order valence-corrected chi connectivity index (χ4v) is 1.27. The SMILES string of the molecule is C#CCNCC(=O)c1ccccc1Cl. The number of benzene rings is 1. The van der Waals surface area contributed by atoms with Crippen LogP contribution in [0.3, 0.4) is 0 Å². The Morgan fingerprint density at radius 2 is 2.21 bits per heavy atom. The van der Waals surface area contributed by atoms with Crippen molar-refractivity contribution in [3.8, 4) is 12.3 Å². The average Bonchev–Trinajstić information content (AvgIpc) is 2.18. The molecule has 2 nitrogen and oxygen atoms in total. The van der Waals surface area contributed by atoms with E-state index in [2.05, 4.69) is 11.2 Å². The highest BCUT2D eigenvalue weighted by atomic mass is 35.5. The number of nitrogens with one attached hydrogen (secondary N) is 1. The summed E-state index contributed by atoms with van der Waals surface area (Å²) in [5.74, 6) is 2.34. The number of carbonyl (C=O) groups excluding carboxylic acids is 1. The van der Waals surface area contributed by atoms with Crippen molar-refractivity contribution in [1.29, 1.82) is 0 Å². The van der Waals surface area contributed by atoms with Gasteiger partial charge in [-0.15, -0.1) is 6.42 Å². The van der Waals surface area contributed by atoms with Crippen LogP contribution in [0, 0.1) is 12.3 Å². The van der Waals surface area contributed by atoms with E-state index in [0.717, 1.165) is 0 Å². The number of Topliss-reactive ketones (excluding diaryl/α,β-unsaturated/α-hetero) is 1. The van der Waals surface area contributed by atoms with Crippen LogP contribution in [-0.4, -0.2) is 18.9 Å². The van der Waals surface area contributed by atoms with Crippen LogP contribution < -0.4 is 5.32 Å². The largest absolute Gasteiger partial charge is 0.299 e. The van der Waals surface area contributed by atoms with Crippen LogP contribution >= 0.6 is 11.6 Å². The molecule has 1 N–H and O–H groups in total. The van der Waals surface area contributed by atoms with Gasteiger partial charge >= 0.3 is 0 Å². The Bertz CT molecular complexity index is 368. The summed E-state index contributed by atoms with van der Waals surface area (Å²) in [6.07, 6.45) is 5.03. The lowest BCUT2D eigenvalue weighted by atomic mass is 10.1. The van der Waals surface area contributed by atoms with Crippen molar-refractivity contribution in [3.05, 3.63) is 34.9 Å². The van der Waals surface area contributed by atoms with E-state index < -0.39 is 0 Å². The highest BCUT2D eigenvalue weighted by molar-refractivity contribution is 6.34. The molecule has 0 aromatic heterocycles. The zero-order valence-corrected chi connectivity index (χ0v) is 8.34. The predicted molar refractivity (Wildman–Crippen MR) is 57.5 cm³/mol. The lowest BCUT2D eigenvalue weighted by molar-refractivity contribution is 0.0992. The van der Waals surface area contributed by atoms with Gasteiger partial charge in [-0.2, -0.15) is 0 Å². The van der Waals surface area contributed by atoms with Gasteiger partial charge in [0, 0.05) is 5.56 Å². The van der Waals surface area contributed by atoms with Crippen LogP contribution in [-0.2, 0) is 0 Å². The molecule has 0 heterocycles. The molecular formula is C11H10ClNO. The quantitative estimate of drug-likeness (QED) is 0.463. The molecule has 0 fully saturated rings. The molecule has 0 unspecified atom stereocenters. The van der Waals surface area contributed by atoms with Crippen LogP contribution in [0.25, 0.3) is 0 Å². The number of terminal acetylenes is 1. The van der Waals surface area contributed by atoms with Crippen LogP contribution in [0.5, 0.6) is 0 Å². The normalized spacial score (nSPS) is 9.43. The van der Waals surface area contributed by atoms with Gasteiger partial charge < -0.3 is 0 Å². The van der Waals surface area contributed by atoms with Crippen molar-refractivity contribution in [2.75, 3.05) is 13.1 Å². The van der Waals surface area contributed by atoms with E-state index in [1.807, 2.05) is 0 Å². The number of carbonyl (C=O) groups is 1. The summed E-state index contributed by atoms with van der Waals surface area (Å²) in [6, 6.07) is 6.95. The summed E-state index contributed by atoms with van der Waals surface area (Å²) in [5.41, 5.74) is 0.527. The Morgan fingerprint density at radius 1 is 1.50 bits per heavy atom. The van der Waals surface area contributed by atoms with Gasteiger partial charge in [-0.1, -0.05) is 29.7 Å². The molecule has 0 aliphatic carbocycles. The topological polar surface area (TPSA) is 29.1 Å². The zero-order chi connectivity index (χ0) is 10.4. The summed E-state index contributed by atoms with van der Waals surface area (Å²) in [4.78, 5) is 11.5. The molecule has 0 saturated heterocycles. The van der Waals surface area contributed by atoms with Crippen LogP contribution in [0.2, 0.25) is 5.02 Å². The van der Waals surface area contributed by atoms with E-state index in [1.165, 1.54) is 0 Å². The molecule has 0 bridgehead atoms. The molecule has 0 aliphatic rings. The second-order valence-corrected chi connectivity index (χ2v) is 3.12. The molecule has 1 aromatic rings. The maximum Gasteiger partial charge on any atom is 0.178 e. The maximum absolute atomic E-state index is 11.5. The smallest absolute Gasteiger partial charge is 0.178 e. The summed E-state index contributed by atoms with van der Waals surface area (Å²) < 4.78 is 0. The molecular weight excluding hydrogens is 198 g/mol. The summed E-state index contributed by atoms with van der Waals surface area (Å²) >= 11 is 5.84. The van der Waals surface area contributed by atoms with Gasteiger partial charge in [0.1, 0.15) is 0 Å². The number of hydrogen-bond donors (Lipinski definition) is 1. The van der Waals surface area contributed by atoms with Gasteiger partial charge in [0.25, 0.3) is 0 Å². The minimum atomic E-state index is -0.0501. The Kier molecular flexibility index (Phi) is 4.18. The Morgan fingerprint density at radius 3 is 2.86 bits per heavy atom. The molecule has 0 amide bonds. The molecule has 0 atom stereocenters. The highest BCUT2D eigenvalue weighted by Gasteiger charge is 2.07. The summed E-state index contributed by atoms with van der Waals surface area (Å²) in [5, 5.41) is 3.29. The van der Waals surface area contributed by atoms with Crippen molar-refractivity contribution in [2.24, 2.45) is 0 Å². The van der Waals surface area contributed by atoms with Gasteiger partial charge in [0.15, 0.2) is 5.78 Å². The first kappa shape index (κ1) is 10.8. The van der Waals surface area contributed by atoms with Crippen molar-refractivity contribution < 1.29 is 4.79 Å². The summed E-state index contributed by atoms with van der Waals surface area (Å²) in [6.45, 7) is 0.601. The third-order valence-corrected chi connectivity index (χ3v) is 2.02. The van der Waals surface area contributed by atoms with Crippen molar-refractivity contribution in [2.45, 2.75) is 0 Å². The third-order valence-electron chi connectivity index (χ3n) is 1.69. The molecule has 1 aromatic carbocycles. The number of hydrogen-bond acceptors (Lipinski definition) is 2. The van der Waals surface area contributed by atoms with E-state index in [1.54, 1.807) is 24.3 Å². The molecule has 3 heteroatoms. The van der Waals surface area contributed by atoms with Crippen molar-refractivity contribution >= 4 is 17.4 Å². The molecule has 72 valence electrons. The van der Waals surface area contributed by atoms with E-state index in [-0.39, 0.29) is 12.3 Å². The third kappa shape index (κ3) is 2.88. The van der Waals surface area contributed by atoms with Crippen molar-refractivity contribution in [1.82, 2.24) is 5.32 Å². The van der Waals surface area contributed by atoms with Crippen LogP contribution in [0.15, 0.2) is 24.3 Å². The second-order valence-electron chi connectivity index (χ2n) is 2.71. The molecule has 14 heavy (non-hydrogen) atoms. The fraction of sp³-hybridized carbons (Fsp3) is 0.182. The first-order chi connectivity index (χ1) is 6.75.